The summed E-state index contributed by atoms with van der Waals surface area (Å²) in [6.07, 6.45) is 4.32. The fourth-order valence-corrected chi connectivity index (χ4v) is 4.49. The average molecular weight is 473 g/mol. The minimum atomic E-state index is -0.924. The molecular formula is C27H34F2N2O3. The highest BCUT2D eigenvalue weighted by Gasteiger charge is 2.32. The third kappa shape index (κ3) is 7.37. The number of hydrogen-bond donors (Lipinski definition) is 4. The van der Waals surface area contributed by atoms with Crippen molar-refractivity contribution in [3.8, 4) is 5.75 Å². The Hall–Kier alpha value is -2.77. The number of carbonyl (C=O) groups excluding carboxylic acids is 1. The number of aliphatic hydroxyl groups excluding tert-OH is 1. The molecule has 0 aliphatic carbocycles. The van der Waals surface area contributed by atoms with Gasteiger partial charge in [0.2, 0.25) is 5.91 Å². The molecule has 1 amide bonds. The first-order valence-electron chi connectivity index (χ1n) is 11.8. The predicted molar refractivity (Wildman–Crippen MR) is 128 cm³/mol. The largest absolute Gasteiger partial charge is 0.508 e. The number of amides is 1. The normalized spacial score (nSPS) is 20.6. The van der Waals surface area contributed by atoms with E-state index in [1.165, 1.54) is 12.1 Å². The number of allylic oxidation sites excluding steroid dienone is 1. The summed E-state index contributed by atoms with van der Waals surface area (Å²) < 4.78 is 27.4. The lowest BCUT2D eigenvalue weighted by atomic mass is 9.85. The Morgan fingerprint density at radius 2 is 1.91 bits per heavy atom. The summed E-state index contributed by atoms with van der Waals surface area (Å²) in [4.78, 5) is 12.5. The van der Waals surface area contributed by atoms with Gasteiger partial charge >= 0.3 is 0 Å². The maximum absolute atomic E-state index is 13.7. The number of benzene rings is 2. The van der Waals surface area contributed by atoms with Crippen molar-refractivity contribution in [2.75, 3.05) is 6.54 Å². The number of rotatable bonds is 9. The van der Waals surface area contributed by atoms with Gasteiger partial charge in [0.1, 0.15) is 17.4 Å². The third-order valence-electron chi connectivity index (χ3n) is 6.62. The molecule has 1 heterocycles. The van der Waals surface area contributed by atoms with Crippen molar-refractivity contribution < 1.29 is 23.8 Å². The Kier molecular flexibility index (Phi) is 9.19. The number of aliphatic hydroxyl groups is 1. The van der Waals surface area contributed by atoms with Crippen LogP contribution in [0.15, 0.2) is 54.1 Å². The molecule has 3 rings (SSSR count). The molecule has 2 aromatic rings. The van der Waals surface area contributed by atoms with Gasteiger partial charge in [-0.3, -0.25) is 4.79 Å². The first kappa shape index (κ1) is 25.8. The summed E-state index contributed by atoms with van der Waals surface area (Å²) in [6, 6.07) is 9.57. The summed E-state index contributed by atoms with van der Waals surface area (Å²) in [7, 11) is 0. The standard InChI is InChI=1S/C27H34F2N2O3/c1-3-17(2)27(34)31-25(14-20-11-21(28)15-22(29)12-20)26(33)24-10-9-19(16-30-24)8-7-18-5-4-6-23(32)13-18/h3-6,11-13,15,19,24-26,30,32-33H,7-10,14,16H2,1-2H3,(H,31,34)/b17-3+. The van der Waals surface area contributed by atoms with Crippen molar-refractivity contribution >= 4 is 5.91 Å². The molecule has 2 aromatic carbocycles. The quantitative estimate of drug-likeness (QED) is 0.416. The Morgan fingerprint density at radius 3 is 2.53 bits per heavy atom. The van der Waals surface area contributed by atoms with Gasteiger partial charge in [0.05, 0.1) is 12.1 Å². The number of aromatic hydroxyl groups is 1. The summed E-state index contributed by atoms with van der Waals surface area (Å²) >= 11 is 0. The number of carbonyl (C=O) groups is 1. The second kappa shape index (κ2) is 12.1. The zero-order chi connectivity index (χ0) is 24.7. The van der Waals surface area contributed by atoms with Gasteiger partial charge in [-0.05, 0) is 93.8 Å². The van der Waals surface area contributed by atoms with Crippen LogP contribution >= 0.6 is 0 Å². The summed E-state index contributed by atoms with van der Waals surface area (Å²) in [5.41, 5.74) is 1.97. The van der Waals surface area contributed by atoms with Gasteiger partial charge in [0.25, 0.3) is 0 Å². The first-order valence-corrected chi connectivity index (χ1v) is 11.8. The molecule has 4 unspecified atom stereocenters. The van der Waals surface area contributed by atoms with E-state index in [1.807, 2.05) is 12.1 Å². The maximum atomic E-state index is 13.7. The SMILES string of the molecule is C/C=C(\C)C(=O)NC(Cc1cc(F)cc(F)c1)C(O)C1CCC(CCc2cccc(O)c2)CN1. The number of piperidine rings is 1. The molecule has 0 radical (unpaired) electrons. The molecule has 7 heteroatoms. The topological polar surface area (TPSA) is 81.6 Å². The number of hydrogen-bond acceptors (Lipinski definition) is 4. The highest BCUT2D eigenvalue weighted by Crippen LogP contribution is 2.24. The molecule has 184 valence electrons. The molecular weight excluding hydrogens is 438 g/mol. The minimum Gasteiger partial charge on any atom is -0.508 e. The lowest BCUT2D eigenvalue weighted by Gasteiger charge is -2.36. The van der Waals surface area contributed by atoms with Crippen LogP contribution in [0.3, 0.4) is 0 Å². The van der Waals surface area contributed by atoms with Gasteiger partial charge < -0.3 is 20.8 Å². The fourth-order valence-electron chi connectivity index (χ4n) is 4.49. The van der Waals surface area contributed by atoms with E-state index in [-0.39, 0.29) is 24.1 Å². The van der Waals surface area contributed by atoms with E-state index < -0.39 is 23.8 Å². The van der Waals surface area contributed by atoms with E-state index in [9.17, 15) is 23.8 Å². The lowest BCUT2D eigenvalue weighted by Crippen LogP contribution is -2.56. The van der Waals surface area contributed by atoms with Gasteiger partial charge in [-0.25, -0.2) is 8.78 Å². The number of nitrogens with one attached hydrogen (secondary N) is 2. The van der Waals surface area contributed by atoms with E-state index in [1.54, 1.807) is 32.1 Å². The minimum absolute atomic E-state index is 0.109. The molecule has 1 saturated heterocycles. The number of halogens is 2. The second-order valence-electron chi connectivity index (χ2n) is 9.19. The van der Waals surface area contributed by atoms with Crippen LogP contribution in [-0.2, 0) is 17.6 Å². The Bertz CT molecular complexity index is 983. The van der Waals surface area contributed by atoms with Crippen molar-refractivity contribution in [3.05, 3.63) is 76.9 Å². The summed E-state index contributed by atoms with van der Waals surface area (Å²) in [5.74, 6) is -0.999. The van der Waals surface area contributed by atoms with Crippen LogP contribution in [0.2, 0.25) is 0 Å². The molecule has 0 aromatic heterocycles. The maximum Gasteiger partial charge on any atom is 0.246 e. The molecule has 1 aliphatic rings. The van der Waals surface area contributed by atoms with Gasteiger partial charge in [-0.2, -0.15) is 0 Å². The highest BCUT2D eigenvalue weighted by atomic mass is 19.1. The van der Waals surface area contributed by atoms with Crippen molar-refractivity contribution in [2.45, 2.75) is 64.1 Å². The highest BCUT2D eigenvalue weighted by molar-refractivity contribution is 5.92. The van der Waals surface area contributed by atoms with Gasteiger partial charge in [-0.1, -0.05) is 18.2 Å². The van der Waals surface area contributed by atoms with Crippen LogP contribution in [0.25, 0.3) is 0 Å². The van der Waals surface area contributed by atoms with E-state index in [0.29, 0.717) is 17.1 Å². The third-order valence-corrected chi connectivity index (χ3v) is 6.62. The molecule has 5 nitrogen and oxygen atoms in total. The van der Waals surface area contributed by atoms with E-state index >= 15 is 0 Å². The smallest absolute Gasteiger partial charge is 0.246 e. The molecule has 4 N–H and O–H groups in total. The summed E-state index contributed by atoms with van der Waals surface area (Å²) in [5, 5.41) is 27.0. The lowest BCUT2D eigenvalue weighted by molar-refractivity contribution is -0.119. The van der Waals surface area contributed by atoms with E-state index in [2.05, 4.69) is 10.6 Å². The van der Waals surface area contributed by atoms with Crippen molar-refractivity contribution in [3.63, 3.8) is 0 Å². The molecule has 0 spiro atoms. The zero-order valence-electron chi connectivity index (χ0n) is 19.7. The van der Waals surface area contributed by atoms with Crippen molar-refractivity contribution in [1.29, 1.82) is 0 Å². The Labute approximate surface area is 199 Å². The molecule has 1 aliphatic heterocycles. The molecule has 0 bridgehead atoms. The fraction of sp³-hybridized carbons (Fsp3) is 0.444. The van der Waals surface area contributed by atoms with Gasteiger partial charge in [0, 0.05) is 17.7 Å². The van der Waals surface area contributed by atoms with Crippen molar-refractivity contribution in [1.82, 2.24) is 10.6 Å². The van der Waals surface area contributed by atoms with E-state index in [0.717, 1.165) is 43.9 Å². The molecule has 34 heavy (non-hydrogen) atoms. The van der Waals surface area contributed by atoms with Crippen LogP contribution in [0.5, 0.6) is 5.75 Å². The molecule has 0 saturated carbocycles. The number of phenolic OH excluding ortho intramolecular Hbond substituents is 1. The molecule has 4 atom stereocenters. The Balaban J connectivity index is 1.62. The number of aryl methyl sites for hydroxylation is 1. The van der Waals surface area contributed by atoms with Crippen LogP contribution in [0.4, 0.5) is 8.78 Å². The van der Waals surface area contributed by atoms with E-state index in [4.69, 9.17) is 0 Å². The first-order chi connectivity index (χ1) is 16.2. The van der Waals surface area contributed by atoms with Crippen LogP contribution < -0.4 is 10.6 Å². The Morgan fingerprint density at radius 1 is 1.18 bits per heavy atom. The monoisotopic (exact) mass is 472 g/mol. The van der Waals surface area contributed by atoms with Gasteiger partial charge in [-0.15, -0.1) is 0 Å². The van der Waals surface area contributed by atoms with Gasteiger partial charge in [0.15, 0.2) is 0 Å². The van der Waals surface area contributed by atoms with Crippen molar-refractivity contribution in [2.24, 2.45) is 5.92 Å². The average Bonchev–Trinajstić information content (AvgIpc) is 2.81. The van der Waals surface area contributed by atoms with Crippen LogP contribution in [-0.4, -0.2) is 40.9 Å². The number of phenols is 1. The van der Waals surface area contributed by atoms with Crippen LogP contribution in [0.1, 0.15) is 44.2 Å². The summed E-state index contributed by atoms with van der Waals surface area (Å²) in [6.45, 7) is 4.15. The molecule has 1 fully saturated rings. The second-order valence-corrected chi connectivity index (χ2v) is 9.19. The zero-order valence-corrected chi connectivity index (χ0v) is 19.7. The van der Waals surface area contributed by atoms with Crippen LogP contribution in [0, 0.1) is 17.6 Å². The predicted octanol–water partition coefficient (Wildman–Crippen LogP) is 4.03.